The Bertz CT molecular complexity index is 997. The minimum atomic E-state index is -0.668. The average Bonchev–Trinajstić information content (AvgIpc) is 2.83. The molecule has 0 amide bonds. The van der Waals surface area contributed by atoms with Crippen molar-refractivity contribution in [2.75, 3.05) is 49.3 Å². The van der Waals surface area contributed by atoms with Gasteiger partial charge in [0.15, 0.2) is 29.6 Å². The standard InChI is InChI=1S/C23H24O9/c1-26-17-10-14(11-18(27-2)21(17)30-5)16(24)8-7-9-32-23(25)15-12-19(28-3)22(31-6)20(13-15)29-4/h10-13H,9H2,1-6H3. The number of carbonyl (C=O) groups is 2. The Balaban J connectivity index is 2.13. The van der Waals surface area contributed by atoms with Crippen molar-refractivity contribution in [1.29, 1.82) is 0 Å². The van der Waals surface area contributed by atoms with Gasteiger partial charge in [-0.15, -0.1) is 0 Å². The summed E-state index contributed by atoms with van der Waals surface area (Å²) in [5.41, 5.74) is 0.417. The molecule has 9 heteroatoms. The highest BCUT2D eigenvalue weighted by Gasteiger charge is 2.18. The normalized spacial score (nSPS) is 9.69. The smallest absolute Gasteiger partial charge is 0.339 e. The maximum absolute atomic E-state index is 12.4. The topological polar surface area (TPSA) is 98.8 Å². The number of hydrogen-bond donors (Lipinski definition) is 0. The minimum Gasteiger partial charge on any atom is -0.493 e. The van der Waals surface area contributed by atoms with Gasteiger partial charge in [-0.25, -0.2) is 4.79 Å². The number of esters is 1. The molecule has 9 nitrogen and oxygen atoms in total. The zero-order valence-electron chi connectivity index (χ0n) is 18.7. The molecule has 0 N–H and O–H groups in total. The molecular weight excluding hydrogens is 420 g/mol. The Labute approximate surface area is 186 Å². The van der Waals surface area contributed by atoms with Gasteiger partial charge >= 0.3 is 5.97 Å². The van der Waals surface area contributed by atoms with Crippen molar-refractivity contribution >= 4 is 11.8 Å². The number of carbonyl (C=O) groups excluding carboxylic acids is 2. The molecule has 0 aromatic heterocycles. The van der Waals surface area contributed by atoms with E-state index >= 15 is 0 Å². The van der Waals surface area contributed by atoms with E-state index < -0.39 is 11.8 Å². The molecule has 0 saturated carbocycles. The van der Waals surface area contributed by atoms with Crippen molar-refractivity contribution in [2.24, 2.45) is 0 Å². The Hall–Kier alpha value is -4.06. The van der Waals surface area contributed by atoms with Crippen molar-refractivity contribution in [3.05, 3.63) is 35.4 Å². The van der Waals surface area contributed by atoms with Crippen molar-refractivity contribution in [1.82, 2.24) is 0 Å². The fourth-order valence-corrected chi connectivity index (χ4v) is 2.78. The van der Waals surface area contributed by atoms with E-state index in [1.165, 1.54) is 66.9 Å². The summed E-state index contributed by atoms with van der Waals surface area (Å²) in [5, 5.41) is 0. The third-order valence-electron chi connectivity index (χ3n) is 4.30. The van der Waals surface area contributed by atoms with Gasteiger partial charge in [0.25, 0.3) is 0 Å². The van der Waals surface area contributed by atoms with Crippen LogP contribution in [0.1, 0.15) is 20.7 Å². The first-order valence-electron chi connectivity index (χ1n) is 9.24. The summed E-state index contributed by atoms with van der Waals surface area (Å²) in [4.78, 5) is 24.8. The summed E-state index contributed by atoms with van der Waals surface area (Å²) in [6.07, 6.45) is 0. The number of ketones is 1. The SMILES string of the molecule is COc1cc(C(=O)C#CCOC(=O)c2cc(OC)c(OC)c(OC)c2)cc(OC)c1OC. The largest absolute Gasteiger partial charge is 0.493 e. The van der Waals surface area contributed by atoms with Crippen LogP contribution in [0.25, 0.3) is 0 Å². The van der Waals surface area contributed by atoms with Crippen LogP contribution < -0.4 is 28.4 Å². The van der Waals surface area contributed by atoms with Crippen LogP contribution in [0.3, 0.4) is 0 Å². The average molecular weight is 444 g/mol. The molecule has 0 radical (unpaired) electrons. The lowest BCUT2D eigenvalue weighted by molar-refractivity contribution is 0.0555. The van der Waals surface area contributed by atoms with Crippen LogP contribution in [0, 0.1) is 11.8 Å². The van der Waals surface area contributed by atoms with E-state index in [1.54, 1.807) is 0 Å². The maximum Gasteiger partial charge on any atom is 0.339 e. The molecule has 0 aliphatic rings. The molecule has 2 aromatic rings. The van der Waals surface area contributed by atoms with E-state index in [2.05, 4.69) is 11.8 Å². The van der Waals surface area contributed by atoms with Crippen LogP contribution in [-0.2, 0) is 4.74 Å². The highest BCUT2D eigenvalue weighted by Crippen LogP contribution is 2.39. The number of ether oxygens (including phenoxy) is 7. The summed E-state index contributed by atoms with van der Waals surface area (Å²) in [7, 11) is 8.68. The van der Waals surface area contributed by atoms with E-state index in [0.29, 0.717) is 34.5 Å². The van der Waals surface area contributed by atoms with E-state index in [1.807, 2.05) is 0 Å². The first kappa shape index (κ1) is 24.2. The van der Waals surface area contributed by atoms with Gasteiger partial charge in [-0.1, -0.05) is 5.92 Å². The highest BCUT2D eigenvalue weighted by atomic mass is 16.5. The molecule has 2 rings (SSSR count). The molecule has 0 aliphatic heterocycles. The molecule has 0 unspecified atom stereocenters. The second kappa shape index (κ2) is 11.4. The molecule has 0 spiro atoms. The fourth-order valence-electron chi connectivity index (χ4n) is 2.78. The van der Waals surface area contributed by atoms with Crippen LogP contribution in [0.15, 0.2) is 24.3 Å². The first-order valence-corrected chi connectivity index (χ1v) is 9.24. The second-order valence-electron chi connectivity index (χ2n) is 6.04. The van der Waals surface area contributed by atoms with Gasteiger partial charge in [-0.3, -0.25) is 4.79 Å². The van der Waals surface area contributed by atoms with Crippen LogP contribution in [0.5, 0.6) is 34.5 Å². The van der Waals surface area contributed by atoms with E-state index in [-0.39, 0.29) is 17.7 Å². The van der Waals surface area contributed by atoms with Crippen molar-refractivity contribution in [3.8, 4) is 46.3 Å². The van der Waals surface area contributed by atoms with Crippen molar-refractivity contribution in [2.45, 2.75) is 0 Å². The monoisotopic (exact) mass is 444 g/mol. The maximum atomic E-state index is 12.4. The summed E-state index contributed by atoms with van der Waals surface area (Å²) in [5.74, 6) is 5.75. The van der Waals surface area contributed by atoms with Gasteiger partial charge in [0.1, 0.15) is 0 Å². The van der Waals surface area contributed by atoms with Crippen LogP contribution in [-0.4, -0.2) is 61.0 Å². The molecule has 0 aliphatic carbocycles. The van der Waals surface area contributed by atoms with Crippen molar-refractivity contribution in [3.63, 3.8) is 0 Å². The summed E-state index contributed by atoms with van der Waals surface area (Å²) in [6, 6.07) is 5.89. The van der Waals surface area contributed by atoms with Gasteiger partial charge in [0.05, 0.1) is 48.2 Å². The number of rotatable bonds is 9. The Morgan fingerprint density at radius 3 is 1.44 bits per heavy atom. The Kier molecular flexibility index (Phi) is 8.60. The molecule has 0 saturated heterocycles. The Morgan fingerprint density at radius 1 is 0.656 bits per heavy atom. The molecule has 0 atom stereocenters. The van der Waals surface area contributed by atoms with Gasteiger partial charge in [-0.05, 0) is 30.2 Å². The van der Waals surface area contributed by atoms with Gasteiger partial charge in [-0.2, -0.15) is 0 Å². The minimum absolute atomic E-state index is 0.178. The second-order valence-corrected chi connectivity index (χ2v) is 6.04. The molecule has 32 heavy (non-hydrogen) atoms. The molecule has 2 aromatic carbocycles. The van der Waals surface area contributed by atoms with Gasteiger partial charge in [0.2, 0.25) is 17.3 Å². The molecule has 0 bridgehead atoms. The molecular formula is C23H24O9. The molecule has 0 heterocycles. The van der Waals surface area contributed by atoms with Crippen LogP contribution >= 0.6 is 0 Å². The fraction of sp³-hybridized carbons (Fsp3) is 0.304. The quantitative estimate of drug-likeness (QED) is 0.250. The van der Waals surface area contributed by atoms with E-state index in [4.69, 9.17) is 33.2 Å². The number of Topliss-reactive ketones (excluding diaryl/α,β-unsaturated/α-hetero) is 1. The predicted octanol–water partition coefficient (Wildman–Crippen LogP) is 2.78. The Morgan fingerprint density at radius 2 is 1.06 bits per heavy atom. The highest BCUT2D eigenvalue weighted by molar-refractivity contribution is 6.09. The lowest BCUT2D eigenvalue weighted by Crippen LogP contribution is -2.07. The third-order valence-corrected chi connectivity index (χ3v) is 4.30. The third kappa shape index (κ3) is 5.35. The zero-order valence-corrected chi connectivity index (χ0v) is 18.7. The number of methoxy groups -OCH3 is 6. The summed E-state index contributed by atoms with van der Waals surface area (Å²) >= 11 is 0. The summed E-state index contributed by atoms with van der Waals surface area (Å²) < 4.78 is 36.5. The number of benzene rings is 2. The lowest BCUT2D eigenvalue weighted by Gasteiger charge is -2.13. The first-order chi connectivity index (χ1) is 15.4. The lowest BCUT2D eigenvalue weighted by atomic mass is 10.1. The van der Waals surface area contributed by atoms with E-state index in [9.17, 15) is 9.59 Å². The van der Waals surface area contributed by atoms with Gasteiger partial charge in [0, 0.05) is 5.56 Å². The number of hydrogen-bond acceptors (Lipinski definition) is 9. The molecule has 0 fully saturated rings. The summed E-state index contributed by atoms with van der Waals surface area (Å²) in [6.45, 7) is -0.300. The zero-order chi connectivity index (χ0) is 23.7. The molecule has 170 valence electrons. The predicted molar refractivity (Wildman–Crippen MR) is 115 cm³/mol. The van der Waals surface area contributed by atoms with Crippen LogP contribution in [0.4, 0.5) is 0 Å². The van der Waals surface area contributed by atoms with Gasteiger partial charge < -0.3 is 33.2 Å². The van der Waals surface area contributed by atoms with E-state index in [0.717, 1.165) is 0 Å². The van der Waals surface area contributed by atoms with Crippen molar-refractivity contribution < 1.29 is 42.7 Å². The van der Waals surface area contributed by atoms with Crippen LogP contribution in [0.2, 0.25) is 0 Å².